The Morgan fingerprint density at radius 1 is 1.12 bits per heavy atom. The van der Waals surface area contributed by atoms with Crippen molar-refractivity contribution >= 4 is 73.7 Å². The molecule has 0 bridgehead atoms. The van der Waals surface area contributed by atoms with E-state index in [0.717, 1.165) is 9.13 Å². The fraction of sp³-hybridized carbons (Fsp3) is 0.133. The molecule has 0 radical (unpaired) electrons. The molecule has 0 aliphatic carbocycles. The Morgan fingerprint density at radius 3 is 2.17 bits per heavy atom. The van der Waals surface area contributed by atoms with E-state index in [1.807, 2.05) is 57.3 Å². The third-order valence-corrected chi connectivity index (χ3v) is 6.23. The molecular weight excluding hydrogens is 662 g/mol. The number of carboxylic acids is 1. The Kier molecular flexibility index (Phi) is 9.57. The van der Waals surface area contributed by atoms with Crippen LogP contribution in [0.2, 0.25) is 0 Å². The van der Waals surface area contributed by atoms with E-state index in [1.165, 1.54) is 6.07 Å². The number of hydrogen-bond acceptors (Lipinski definition) is 4. The summed E-state index contributed by atoms with van der Waals surface area (Å²) in [6, 6.07) is 9.16. The summed E-state index contributed by atoms with van der Waals surface area (Å²) in [7, 11) is 0. The van der Waals surface area contributed by atoms with E-state index in [2.05, 4.69) is 22.6 Å². The first kappa shape index (κ1) is 22.7. The van der Waals surface area contributed by atoms with Crippen LogP contribution >= 0.6 is 67.8 Å². The van der Waals surface area contributed by atoms with Crippen molar-refractivity contribution in [2.75, 3.05) is 0 Å². The van der Waals surface area contributed by atoms with Crippen LogP contribution in [0.15, 0.2) is 36.4 Å². The average Bonchev–Trinajstić information content (AvgIpc) is 2.49. The van der Waals surface area contributed by atoms with E-state index in [1.54, 1.807) is 18.2 Å². The van der Waals surface area contributed by atoms with Gasteiger partial charge in [0.25, 0.3) is 0 Å². The van der Waals surface area contributed by atoms with Crippen molar-refractivity contribution in [1.29, 1.82) is 0 Å². The van der Waals surface area contributed by atoms with Crippen LogP contribution < -0.4 is 45.1 Å². The molecule has 0 saturated carbocycles. The van der Waals surface area contributed by atoms with Gasteiger partial charge < -0.3 is 20.7 Å². The van der Waals surface area contributed by atoms with E-state index in [4.69, 9.17) is 15.6 Å². The summed E-state index contributed by atoms with van der Waals surface area (Å²) in [4.78, 5) is 11.0. The molecule has 0 saturated heterocycles. The van der Waals surface area contributed by atoms with Gasteiger partial charge in [0.05, 0.1) is 3.92 Å². The molecule has 2 rings (SSSR count). The van der Waals surface area contributed by atoms with Crippen molar-refractivity contribution in [3.63, 3.8) is 0 Å². The molecule has 0 aliphatic rings. The second-order valence-corrected chi connectivity index (χ2v) is 8.31. The van der Waals surface area contributed by atoms with Crippen molar-refractivity contribution in [3.05, 3.63) is 49.1 Å². The number of carboxylic acid groups (broad SMARTS) is 1. The van der Waals surface area contributed by atoms with E-state index in [0.29, 0.717) is 15.1 Å². The van der Waals surface area contributed by atoms with E-state index in [9.17, 15) is 9.90 Å². The predicted octanol–water partition coefficient (Wildman–Crippen LogP) is 0.654. The zero-order chi connectivity index (χ0) is 17.1. The first-order valence-corrected chi connectivity index (χ1v) is 9.76. The predicted molar refractivity (Wildman–Crippen MR) is 110 cm³/mol. The van der Waals surface area contributed by atoms with Gasteiger partial charge in [0.2, 0.25) is 0 Å². The molecule has 3 N–H and O–H groups in total. The van der Waals surface area contributed by atoms with Crippen LogP contribution in [0.4, 0.5) is 0 Å². The number of halogens is 3. The molecule has 0 spiro atoms. The van der Waals surface area contributed by atoms with Crippen LogP contribution in [0.3, 0.4) is 0 Å². The van der Waals surface area contributed by atoms with Crippen LogP contribution in [0.25, 0.3) is 0 Å². The standard InChI is InChI=1S/C15H12I3NO4.Na/c16-10-5-7(23-8-2-4-12(20)11(17)6-8)1-3-9(10)13(18)14(19)15(21)22;/h1-6,13-14,20H,19H2,(H,21,22);/q;+1/p-1/t13-,14-;/m0./s1. The molecule has 5 nitrogen and oxygen atoms in total. The van der Waals surface area contributed by atoms with Gasteiger partial charge in [-0.3, -0.25) is 4.79 Å². The summed E-state index contributed by atoms with van der Waals surface area (Å²) in [5.74, 6) is 0.108. The minimum absolute atomic E-state index is 0. The third-order valence-electron chi connectivity index (χ3n) is 3.01. The molecule has 122 valence electrons. The number of ether oxygens (including phenoxy) is 1. The molecular formula is C15H11I3NNaO4. The fourth-order valence-electron chi connectivity index (χ4n) is 1.79. The normalized spacial score (nSPS) is 12.8. The number of rotatable bonds is 5. The molecule has 0 aliphatic heterocycles. The molecule has 2 atom stereocenters. The number of carbonyl (C=O) groups is 1. The molecule has 2 aromatic rings. The maximum absolute atomic E-state index is 11.4. The van der Waals surface area contributed by atoms with Crippen LogP contribution in [0.1, 0.15) is 9.49 Å². The second-order valence-electron chi connectivity index (χ2n) is 4.64. The average molecular weight is 673 g/mol. The number of nitrogens with two attached hydrogens (primary N) is 1. The number of benzene rings is 2. The maximum atomic E-state index is 11.4. The Labute approximate surface area is 202 Å². The van der Waals surface area contributed by atoms with Crippen LogP contribution in [-0.2, 0) is 4.79 Å². The Morgan fingerprint density at radius 2 is 1.67 bits per heavy atom. The number of aliphatic carboxylic acids is 1. The van der Waals surface area contributed by atoms with Crippen molar-refractivity contribution in [3.8, 4) is 17.2 Å². The van der Waals surface area contributed by atoms with Crippen molar-refractivity contribution in [1.82, 2.24) is 0 Å². The first-order chi connectivity index (χ1) is 10.8. The van der Waals surface area contributed by atoms with Gasteiger partial charge >= 0.3 is 35.5 Å². The molecule has 0 aromatic heterocycles. The van der Waals surface area contributed by atoms with Crippen LogP contribution in [0, 0.1) is 7.14 Å². The van der Waals surface area contributed by atoms with Crippen molar-refractivity contribution in [2.24, 2.45) is 5.73 Å². The zero-order valence-corrected chi connectivity index (χ0v) is 21.0. The van der Waals surface area contributed by atoms with Gasteiger partial charge in [0.15, 0.2) is 0 Å². The Hall–Kier alpha value is 0.660. The van der Waals surface area contributed by atoms with Gasteiger partial charge in [0, 0.05) is 7.14 Å². The van der Waals surface area contributed by atoms with Crippen LogP contribution in [-0.4, -0.2) is 17.1 Å². The minimum Gasteiger partial charge on any atom is -0.872 e. The summed E-state index contributed by atoms with van der Waals surface area (Å²) in [6.45, 7) is 0. The second kappa shape index (κ2) is 10.1. The minimum atomic E-state index is -1.03. The molecule has 2 aromatic carbocycles. The van der Waals surface area contributed by atoms with Gasteiger partial charge in [0.1, 0.15) is 17.5 Å². The smallest absolute Gasteiger partial charge is 0.872 e. The molecule has 0 heterocycles. The molecule has 0 amide bonds. The number of hydrogen-bond donors (Lipinski definition) is 2. The monoisotopic (exact) mass is 673 g/mol. The summed E-state index contributed by atoms with van der Waals surface area (Å²) >= 11 is 6.12. The molecule has 9 heteroatoms. The van der Waals surface area contributed by atoms with E-state index < -0.39 is 12.0 Å². The van der Waals surface area contributed by atoms with Gasteiger partial charge in [-0.25, -0.2) is 0 Å². The van der Waals surface area contributed by atoms with Gasteiger partial charge in [-0.05, 0) is 75.0 Å². The number of alkyl halides is 1. The Bertz CT molecular complexity index is 745. The quantitative estimate of drug-likeness (QED) is 0.277. The van der Waals surface area contributed by atoms with Crippen molar-refractivity contribution in [2.45, 2.75) is 9.97 Å². The largest absolute Gasteiger partial charge is 1.00 e. The summed E-state index contributed by atoms with van der Waals surface area (Å²) < 4.78 is 6.85. The maximum Gasteiger partial charge on any atom is 1.00 e. The van der Waals surface area contributed by atoms with Gasteiger partial charge in [-0.1, -0.05) is 40.5 Å². The van der Waals surface area contributed by atoms with Gasteiger partial charge in [-0.15, -0.1) is 0 Å². The topological polar surface area (TPSA) is 95.6 Å². The molecule has 0 fully saturated rings. The van der Waals surface area contributed by atoms with E-state index in [-0.39, 0.29) is 39.2 Å². The summed E-state index contributed by atoms with van der Waals surface area (Å²) in [5, 5.41) is 20.4. The molecule has 24 heavy (non-hydrogen) atoms. The first-order valence-electron chi connectivity index (χ1n) is 6.36. The Balaban J connectivity index is 0.00000288. The zero-order valence-electron chi connectivity index (χ0n) is 12.5. The summed E-state index contributed by atoms with van der Waals surface area (Å²) in [5.41, 5.74) is 6.53. The molecule has 0 unspecified atom stereocenters. The van der Waals surface area contributed by atoms with Crippen molar-refractivity contribution < 1.29 is 49.3 Å². The SMILES string of the molecule is N[C@H](C(=O)O)[C@@H](I)c1ccc(Oc2ccc([O-])c(I)c2)cc1I.[Na+]. The van der Waals surface area contributed by atoms with E-state index >= 15 is 0 Å². The van der Waals surface area contributed by atoms with Crippen LogP contribution in [0.5, 0.6) is 17.2 Å². The third kappa shape index (κ3) is 5.84. The fourth-order valence-corrected chi connectivity index (χ4v) is 4.55. The van der Waals surface area contributed by atoms with Gasteiger partial charge in [-0.2, -0.15) is 0 Å². The summed E-state index contributed by atoms with van der Waals surface area (Å²) in [6.07, 6.45) is 0.